The Morgan fingerprint density at radius 2 is 2.00 bits per heavy atom. The number of aromatic nitrogens is 2. The second-order valence-corrected chi connectivity index (χ2v) is 11.2. The Kier molecular flexibility index (Phi) is 6.77. The zero-order valence-corrected chi connectivity index (χ0v) is 22.1. The van der Waals surface area contributed by atoms with Gasteiger partial charge in [0.05, 0.1) is 17.6 Å². The smallest absolute Gasteiger partial charge is 0.341 e. The van der Waals surface area contributed by atoms with Crippen molar-refractivity contribution in [3.63, 3.8) is 0 Å². The van der Waals surface area contributed by atoms with Crippen LogP contribution in [0.4, 0.5) is 5.00 Å². The molecule has 1 aliphatic carbocycles. The number of carbonyl (C=O) groups is 2. The summed E-state index contributed by atoms with van der Waals surface area (Å²) in [6.07, 6.45) is 2.66. The molecule has 3 aromatic heterocycles. The number of aryl methyl sites for hydroxylation is 1. The molecule has 1 aromatic carbocycles. The van der Waals surface area contributed by atoms with Crippen LogP contribution in [0.15, 0.2) is 41.2 Å². The van der Waals surface area contributed by atoms with Gasteiger partial charge in [0, 0.05) is 9.75 Å². The lowest BCUT2D eigenvalue weighted by molar-refractivity contribution is -0.116. The fraction of sp³-hybridized carbons (Fsp3) is 0.333. The molecule has 9 heteroatoms. The monoisotopic (exact) mass is 521 g/mol. The van der Waals surface area contributed by atoms with Crippen molar-refractivity contribution in [3.8, 4) is 10.4 Å². The lowest BCUT2D eigenvalue weighted by Crippen LogP contribution is -2.30. The van der Waals surface area contributed by atoms with Crippen LogP contribution in [-0.2, 0) is 28.9 Å². The van der Waals surface area contributed by atoms with E-state index in [9.17, 15) is 14.4 Å². The van der Waals surface area contributed by atoms with E-state index in [4.69, 9.17) is 4.74 Å². The van der Waals surface area contributed by atoms with Crippen LogP contribution in [0, 0.1) is 12.8 Å². The molecule has 0 spiro atoms. The molecule has 7 nitrogen and oxygen atoms in total. The second-order valence-electron chi connectivity index (χ2n) is 9.07. The molecule has 186 valence electrons. The van der Waals surface area contributed by atoms with E-state index in [1.807, 2.05) is 36.4 Å². The van der Waals surface area contributed by atoms with Gasteiger partial charge in [-0.25, -0.2) is 9.78 Å². The molecule has 1 unspecified atom stereocenters. The number of amides is 1. The predicted molar refractivity (Wildman–Crippen MR) is 144 cm³/mol. The lowest BCUT2D eigenvalue weighted by atomic mass is 9.88. The highest BCUT2D eigenvalue weighted by Gasteiger charge is 2.29. The van der Waals surface area contributed by atoms with E-state index < -0.39 is 5.97 Å². The van der Waals surface area contributed by atoms with Crippen molar-refractivity contribution >= 4 is 49.8 Å². The van der Waals surface area contributed by atoms with E-state index >= 15 is 0 Å². The number of hydrogen-bond acceptors (Lipinski definition) is 7. The molecule has 0 radical (unpaired) electrons. The summed E-state index contributed by atoms with van der Waals surface area (Å²) >= 11 is 2.90. The maximum Gasteiger partial charge on any atom is 0.341 e. The summed E-state index contributed by atoms with van der Waals surface area (Å²) < 4.78 is 6.68. The quantitative estimate of drug-likeness (QED) is 0.342. The first kappa shape index (κ1) is 24.4. The highest BCUT2D eigenvalue weighted by atomic mass is 32.1. The van der Waals surface area contributed by atoms with Crippen LogP contribution in [0.3, 0.4) is 0 Å². The number of benzene rings is 1. The minimum atomic E-state index is -0.414. The van der Waals surface area contributed by atoms with Gasteiger partial charge in [0.2, 0.25) is 5.91 Å². The first-order chi connectivity index (χ1) is 17.4. The van der Waals surface area contributed by atoms with E-state index in [2.05, 4.69) is 17.2 Å². The van der Waals surface area contributed by atoms with Crippen molar-refractivity contribution < 1.29 is 14.3 Å². The van der Waals surface area contributed by atoms with Crippen LogP contribution in [0.2, 0.25) is 0 Å². The Balaban J connectivity index is 1.44. The van der Waals surface area contributed by atoms with Gasteiger partial charge < -0.3 is 10.1 Å². The Morgan fingerprint density at radius 3 is 2.75 bits per heavy atom. The van der Waals surface area contributed by atoms with Crippen molar-refractivity contribution in [1.29, 1.82) is 0 Å². The van der Waals surface area contributed by atoms with Crippen molar-refractivity contribution in [3.05, 3.63) is 68.6 Å². The molecule has 1 atom stereocenters. The number of fused-ring (bicyclic) bond motifs is 2. The maximum absolute atomic E-state index is 13.3. The molecule has 1 amide bonds. The molecular weight excluding hydrogens is 494 g/mol. The Hall–Kier alpha value is -3.30. The van der Waals surface area contributed by atoms with E-state index in [1.54, 1.807) is 13.8 Å². The minimum absolute atomic E-state index is 0.189. The van der Waals surface area contributed by atoms with E-state index in [-0.39, 0.29) is 24.6 Å². The molecule has 4 aromatic rings. The molecule has 0 bridgehead atoms. The molecule has 5 rings (SSSR count). The second kappa shape index (κ2) is 9.99. The van der Waals surface area contributed by atoms with Gasteiger partial charge in [0.25, 0.3) is 5.56 Å². The van der Waals surface area contributed by atoms with Crippen molar-refractivity contribution in [1.82, 2.24) is 9.55 Å². The van der Waals surface area contributed by atoms with E-state index in [1.165, 1.54) is 27.2 Å². The molecule has 0 fully saturated rings. The van der Waals surface area contributed by atoms with Gasteiger partial charge in [0.1, 0.15) is 22.2 Å². The molecule has 1 N–H and O–H groups in total. The molecule has 0 aliphatic heterocycles. The largest absolute Gasteiger partial charge is 0.462 e. The molecule has 1 aliphatic rings. The van der Waals surface area contributed by atoms with Gasteiger partial charge in [-0.2, -0.15) is 0 Å². The van der Waals surface area contributed by atoms with Crippen molar-refractivity contribution in [2.75, 3.05) is 11.9 Å². The maximum atomic E-state index is 13.3. The van der Waals surface area contributed by atoms with Gasteiger partial charge >= 0.3 is 5.97 Å². The highest BCUT2D eigenvalue weighted by Crippen LogP contribution is 2.40. The number of ether oxygens (including phenoxy) is 1. The van der Waals surface area contributed by atoms with Crippen LogP contribution in [0.5, 0.6) is 0 Å². The predicted octanol–water partition coefficient (Wildman–Crippen LogP) is 5.44. The van der Waals surface area contributed by atoms with Gasteiger partial charge in [-0.05, 0) is 56.2 Å². The standard InChI is InChI=1S/C27H27N3O4S2/c1-4-34-27(33)23-18-11-10-15(2)12-21(18)36-25(23)29-22(31)14-30-16(3)28-24-19(26(30)32)13-20(35-24)17-8-6-5-7-9-17/h5-9,13,15H,4,10-12,14H2,1-3H3,(H,29,31). The highest BCUT2D eigenvalue weighted by molar-refractivity contribution is 7.21. The SMILES string of the molecule is CCOC(=O)c1c(NC(=O)Cn2c(C)nc3sc(-c4ccccc4)cc3c2=O)sc2c1CCC(C)C2. The number of esters is 1. The lowest BCUT2D eigenvalue weighted by Gasteiger charge is -2.18. The first-order valence-electron chi connectivity index (χ1n) is 12.0. The van der Waals surface area contributed by atoms with Crippen molar-refractivity contribution in [2.45, 2.75) is 46.6 Å². The number of carbonyl (C=O) groups excluding carboxylic acids is 2. The molecule has 0 saturated carbocycles. The zero-order chi connectivity index (χ0) is 25.4. The number of rotatable bonds is 6. The number of anilines is 1. The summed E-state index contributed by atoms with van der Waals surface area (Å²) in [5, 5.41) is 3.89. The summed E-state index contributed by atoms with van der Waals surface area (Å²) in [5.41, 5.74) is 2.20. The summed E-state index contributed by atoms with van der Waals surface area (Å²) in [6.45, 7) is 5.76. The van der Waals surface area contributed by atoms with E-state index in [0.717, 1.165) is 40.1 Å². The Bertz CT molecular complexity index is 1520. The molecular formula is C27H27N3O4S2. The fourth-order valence-electron chi connectivity index (χ4n) is 4.62. The van der Waals surface area contributed by atoms with Gasteiger partial charge in [-0.3, -0.25) is 14.2 Å². The Labute approximate surface area is 216 Å². The first-order valence-corrected chi connectivity index (χ1v) is 13.7. The summed E-state index contributed by atoms with van der Waals surface area (Å²) in [6, 6.07) is 11.7. The molecule has 36 heavy (non-hydrogen) atoms. The van der Waals surface area contributed by atoms with Crippen LogP contribution in [0.1, 0.15) is 46.9 Å². The third-order valence-corrected chi connectivity index (χ3v) is 8.69. The Morgan fingerprint density at radius 1 is 1.22 bits per heavy atom. The average molecular weight is 522 g/mol. The average Bonchev–Trinajstić information content (AvgIpc) is 3.43. The van der Waals surface area contributed by atoms with Gasteiger partial charge in [-0.1, -0.05) is 37.3 Å². The van der Waals surface area contributed by atoms with Crippen LogP contribution in [0.25, 0.3) is 20.7 Å². The topological polar surface area (TPSA) is 90.3 Å². The number of nitrogens with one attached hydrogen (secondary N) is 1. The van der Waals surface area contributed by atoms with Gasteiger partial charge in [-0.15, -0.1) is 22.7 Å². The van der Waals surface area contributed by atoms with Crippen LogP contribution >= 0.6 is 22.7 Å². The summed E-state index contributed by atoms with van der Waals surface area (Å²) in [4.78, 5) is 46.5. The summed E-state index contributed by atoms with van der Waals surface area (Å²) in [7, 11) is 0. The fourth-order valence-corrected chi connectivity index (χ4v) is 7.10. The third kappa shape index (κ3) is 4.60. The summed E-state index contributed by atoms with van der Waals surface area (Å²) in [5.74, 6) is 0.203. The molecule has 3 heterocycles. The van der Waals surface area contributed by atoms with Crippen molar-refractivity contribution in [2.24, 2.45) is 5.92 Å². The zero-order valence-electron chi connectivity index (χ0n) is 20.4. The number of hydrogen-bond donors (Lipinski definition) is 1. The minimum Gasteiger partial charge on any atom is -0.462 e. The third-order valence-electron chi connectivity index (χ3n) is 6.45. The number of nitrogens with zero attached hydrogens (tertiary/aromatic N) is 2. The molecule has 0 saturated heterocycles. The van der Waals surface area contributed by atoms with Gasteiger partial charge in [0.15, 0.2) is 0 Å². The van der Waals surface area contributed by atoms with Crippen LogP contribution < -0.4 is 10.9 Å². The van der Waals surface area contributed by atoms with Crippen LogP contribution in [-0.4, -0.2) is 28.0 Å². The number of thiophene rings is 2. The van der Waals surface area contributed by atoms with E-state index in [0.29, 0.717) is 32.5 Å². The normalized spacial score (nSPS) is 15.0.